The predicted molar refractivity (Wildman–Crippen MR) is 97.0 cm³/mol. The van der Waals surface area contributed by atoms with Crippen molar-refractivity contribution in [2.24, 2.45) is 5.41 Å². The SMILES string of the molecule is CC(=O)NC1C(OCC2(C)CC2(C)O)OC(COPC(C)C)C(O)C1O. The van der Waals surface area contributed by atoms with Gasteiger partial charge < -0.3 is 34.6 Å². The van der Waals surface area contributed by atoms with Crippen LogP contribution in [-0.4, -0.2) is 76.3 Å². The van der Waals surface area contributed by atoms with Gasteiger partial charge in [0.05, 0.1) is 18.8 Å². The van der Waals surface area contributed by atoms with Crippen LogP contribution in [0.2, 0.25) is 0 Å². The van der Waals surface area contributed by atoms with Crippen molar-refractivity contribution in [3.05, 3.63) is 0 Å². The molecule has 1 saturated heterocycles. The van der Waals surface area contributed by atoms with E-state index in [2.05, 4.69) is 5.32 Å². The van der Waals surface area contributed by atoms with Crippen LogP contribution in [0, 0.1) is 5.41 Å². The Morgan fingerprint density at radius 1 is 1.35 bits per heavy atom. The zero-order chi connectivity index (χ0) is 19.7. The topological polar surface area (TPSA) is 117 Å². The largest absolute Gasteiger partial charge is 0.389 e. The molecule has 1 aliphatic carbocycles. The number of nitrogens with one attached hydrogen (secondary N) is 1. The average Bonchev–Trinajstić information content (AvgIpc) is 3.02. The lowest BCUT2D eigenvalue weighted by molar-refractivity contribution is -0.272. The second kappa shape index (κ2) is 8.35. The Bertz CT molecular complexity index is 504. The number of amides is 1. The van der Waals surface area contributed by atoms with E-state index in [0.717, 1.165) is 0 Å². The summed E-state index contributed by atoms with van der Waals surface area (Å²) >= 11 is 0. The maximum Gasteiger partial charge on any atom is 0.217 e. The third-order valence-corrected chi connectivity index (χ3v) is 5.92. The fraction of sp³-hybridized carbons (Fsp3) is 0.941. The number of carbonyl (C=O) groups is 1. The second-order valence-electron chi connectivity index (χ2n) is 8.16. The van der Waals surface area contributed by atoms with Gasteiger partial charge in [0, 0.05) is 21.1 Å². The molecule has 1 amide bonds. The van der Waals surface area contributed by atoms with Crippen molar-refractivity contribution in [2.45, 2.75) is 82.9 Å². The fourth-order valence-corrected chi connectivity index (χ4v) is 3.68. The molecule has 8 unspecified atom stereocenters. The molecule has 152 valence electrons. The van der Waals surface area contributed by atoms with Crippen LogP contribution < -0.4 is 5.32 Å². The first kappa shape index (κ1) is 22.0. The number of aliphatic hydroxyl groups excluding tert-OH is 2. The van der Waals surface area contributed by atoms with Crippen LogP contribution in [0.25, 0.3) is 0 Å². The van der Waals surface area contributed by atoms with Crippen LogP contribution in [0.4, 0.5) is 0 Å². The average molecular weight is 393 g/mol. The molecule has 0 aromatic heterocycles. The number of hydrogen-bond acceptors (Lipinski definition) is 7. The van der Waals surface area contributed by atoms with Gasteiger partial charge in [0.1, 0.15) is 24.4 Å². The van der Waals surface area contributed by atoms with Crippen molar-refractivity contribution in [3.63, 3.8) is 0 Å². The minimum Gasteiger partial charge on any atom is -0.389 e. The number of aliphatic hydroxyl groups is 3. The van der Waals surface area contributed by atoms with Crippen LogP contribution in [-0.2, 0) is 18.8 Å². The van der Waals surface area contributed by atoms with E-state index < -0.39 is 41.7 Å². The van der Waals surface area contributed by atoms with Gasteiger partial charge in [-0.1, -0.05) is 20.8 Å². The number of rotatable bonds is 8. The highest BCUT2D eigenvalue weighted by molar-refractivity contribution is 7.33. The molecule has 0 bridgehead atoms. The monoisotopic (exact) mass is 393 g/mol. The van der Waals surface area contributed by atoms with Gasteiger partial charge in [-0.25, -0.2) is 0 Å². The smallest absolute Gasteiger partial charge is 0.217 e. The van der Waals surface area contributed by atoms with Crippen LogP contribution in [0.1, 0.15) is 41.0 Å². The number of carbonyl (C=O) groups excluding carboxylic acids is 1. The zero-order valence-electron chi connectivity index (χ0n) is 16.1. The maximum atomic E-state index is 11.5. The summed E-state index contributed by atoms with van der Waals surface area (Å²) in [6, 6.07) is -0.904. The van der Waals surface area contributed by atoms with E-state index in [-0.39, 0.29) is 27.9 Å². The van der Waals surface area contributed by atoms with Crippen LogP contribution in [0.15, 0.2) is 0 Å². The summed E-state index contributed by atoms with van der Waals surface area (Å²) in [7, 11) is 0.255. The molecule has 8 atom stereocenters. The third kappa shape index (κ3) is 5.13. The highest BCUT2D eigenvalue weighted by atomic mass is 31.1. The molecule has 0 aromatic rings. The van der Waals surface area contributed by atoms with Crippen molar-refractivity contribution in [1.82, 2.24) is 5.32 Å². The van der Waals surface area contributed by atoms with E-state index in [1.54, 1.807) is 6.92 Å². The predicted octanol–water partition coefficient (Wildman–Crippen LogP) is 0.134. The Morgan fingerprint density at radius 2 is 1.96 bits per heavy atom. The quantitative estimate of drug-likeness (QED) is 0.433. The molecule has 0 radical (unpaired) electrons. The molecule has 2 rings (SSSR count). The second-order valence-corrected chi connectivity index (χ2v) is 9.84. The summed E-state index contributed by atoms with van der Waals surface area (Å²) in [6.45, 7) is 9.34. The van der Waals surface area contributed by atoms with Gasteiger partial charge in [-0.3, -0.25) is 4.79 Å². The highest BCUT2D eigenvalue weighted by Crippen LogP contribution is 2.55. The molecule has 1 aliphatic heterocycles. The van der Waals surface area contributed by atoms with Gasteiger partial charge in [-0.15, -0.1) is 0 Å². The summed E-state index contributed by atoms with van der Waals surface area (Å²) in [5.74, 6) is -0.362. The number of ether oxygens (including phenoxy) is 2. The first-order valence-corrected chi connectivity index (χ1v) is 9.95. The minimum absolute atomic E-state index is 0.122. The molecular weight excluding hydrogens is 361 g/mol. The lowest BCUT2D eigenvalue weighted by Gasteiger charge is -2.43. The van der Waals surface area contributed by atoms with E-state index in [1.807, 2.05) is 20.8 Å². The molecule has 1 saturated carbocycles. The van der Waals surface area contributed by atoms with Gasteiger partial charge in [-0.2, -0.15) is 0 Å². The Hall–Kier alpha value is -0.340. The van der Waals surface area contributed by atoms with Crippen molar-refractivity contribution in [1.29, 1.82) is 0 Å². The first-order valence-electron chi connectivity index (χ1n) is 8.97. The molecule has 9 heteroatoms. The van der Waals surface area contributed by atoms with E-state index >= 15 is 0 Å². The summed E-state index contributed by atoms with van der Waals surface area (Å²) < 4.78 is 17.2. The maximum absolute atomic E-state index is 11.5. The zero-order valence-corrected chi connectivity index (χ0v) is 17.1. The normalized spacial score (nSPS) is 43.2. The van der Waals surface area contributed by atoms with Crippen molar-refractivity contribution in [3.8, 4) is 0 Å². The Kier molecular flexibility index (Phi) is 7.05. The highest BCUT2D eigenvalue weighted by Gasteiger charge is 2.61. The molecular formula is C17H32NO7P. The Labute approximate surface area is 156 Å². The van der Waals surface area contributed by atoms with Crippen molar-refractivity contribution < 1.29 is 34.1 Å². The fourth-order valence-electron chi connectivity index (χ4n) is 3.08. The van der Waals surface area contributed by atoms with Crippen molar-refractivity contribution >= 4 is 14.7 Å². The lowest BCUT2D eigenvalue weighted by atomic mass is 9.97. The van der Waals surface area contributed by atoms with E-state index in [1.165, 1.54) is 6.92 Å². The van der Waals surface area contributed by atoms with Crippen LogP contribution in [0.3, 0.4) is 0 Å². The van der Waals surface area contributed by atoms with Gasteiger partial charge >= 0.3 is 0 Å². The first-order chi connectivity index (χ1) is 12.0. The summed E-state index contributed by atoms with van der Waals surface area (Å²) in [5.41, 5.74) is -0.843. The molecule has 1 heterocycles. The molecule has 0 spiro atoms. The molecule has 2 fully saturated rings. The molecule has 26 heavy (non-hydrogen) atoms. The van der Waals surface area contributed by atoms with Gasteiger partial charge in [-0.05, 0) is 19.0 Å². The van der Waals surface area contributed by atoms with Gasteiger partial charge in [0.25, 0.3) is 0 Å². The lowest BCUT2D eigenvalue weighted by Crippen LogP contribution is -2.64. The molecule has 4 N–H and O–H groups in total. The molecule has 8 nitrogen and oxygen atoms in total. The Balaban J connectivity index is 2.02. The van der Waals surface area contributed by atoms with E-state index in [9.17, 15) is 20.1 Å². The van der Waals surface area contributed by atoms with E-state index in [0.29, 0.717) is 12.1 Å². The van der Waals surface area contributed by atoms with Crippen LogP contribution >= 0.6 is 8.81 Å². The van der Waals surface area contributed by atoms with Crippen molar-refractivity contribution in [2.75, 3.05) is 13.2 Å². The molecule has 2 aliphatic rings. The third-order valence-electron chi connectivity index (χ3n) is 5.11. The number of hydrogen-bond donors (Lipinski definition) is 4. The summed E-state index contributed by atoms with van der Waals surface area (Å²) in [6.07, 6.45) is -3.56. The molecule has 0 aromatic carbocycles. The summed E-state index contributed by atoms with van der Waals surface area (Å²) in [5, 5.41) is 33.5. The van der Waals surface area contributed by atoms with E-state index in [4.69, 9.17) is 14.0 Å². The Morgan fingerprint density at radius 3 is 2.46 bits per heavy atom. The van der Waals surface area contributed by atoms with Crippen LogP contribution in [0.5, 0.6) is 0 Å². The van der Waals surface area contributed by atoms with Gasteiger partial charge in [0.15, 0.2) is 6.29 Å². The van der Waals surface area contributed by atoms with Gasteiger partial charge in [0.2, 0.25) is 5.91 Å². The minimum atomic E-state index is -1.25. The summed E-state index contributed by atoms with van der Waals surface area (Å²) in [4.78, 5) is 11.5. The standard InChI is InChI=1S/C17H32NO7P/c1-9(2)26-24-6-11-13(20)14(21)12(18-10(3)19)15(25-11)23-8-16(4)7-17(16,5)22/h9,11-15,20-22,26H,6-8H2,1-5H3,(H,18,19).